The van der Waals surface area contributed by atoms with Crippen molar-refractivity contribution >= 4 is 23.2 Å². The van der Waals surface area contributed by atoms with Gasteiger partial charge < -0.3 is 10.0 Å². The Bertz CT molecular complexity index is 455. The number of nitrogens with zero attached hydrogens (tertiary/aromatic N) is 1. The van der Waals surface area contributed by atoms with Crippen LogP contribution in [0, 0.1) is 5.92 Å². The van der Waals surface area contributed by atoms with E-state index < -0.39 is 11.9 Å². The van der Waals surface area contributed by atoms with Gasteiger partial charge in [-0.15, -0.1) is 11.3 Å². The van der Waals surface area contributed by atoms with Gasteiger partial charge in [0.05, 0.1) is 10.8 Å². The minimum Gasteiger partial charge on any atom is -0.481 e. The van der Waals surface area contributed by atoms with Crippen molar-refractivity contribution < 1.29 is 14.7 Å². The van der Waals surface area contributed by atoms with E-state index in [1.165, 1.54) is 16.2 Å². The number of amides is 1. The Hall–Kier alpha value is -1.36. The Morgan fingerprint density at radius 3 is 2.89 bits per heavy atom. The Morgan fingerprint density at radius 1 is 1.50 bits per heavy atom. The number of piperidine rings is 1. The first-order valence-electron chi connectivity index (χ1n) is 6.22. The van der Waals surface area contributed by atoms with Crippen LogP contribution < -0.4 is 0 Å². The number of hydrogen-bond donors (Lipinski definition) is 1. The topological polar surface area (TPSA) is 57.6 Å². The summed E-state index contributed by atoms with van der Waals surface area (Å²) in [6, 6.07) is 3.81. The van der Waals surface area contributed by atoms with E-state index in [2.05, 4.69) is 6.92 Å². The molecule has 1 N–H and O–H groups in total. The Kier molecular flexibility index (Phi) is 4.01. The predicted molar refractivity (Wildman–Crippen MR) is 70.0 cm³/mol. The molecule has 1 fully saturated rings. The van der Waals surface area contributed by atoms with E-state index in [4.69, 9.17) is 5.11 Å². The molecule has 1 saturated heterocycles. The van der Waals surface area contributed by atoms with Gasteiger partial charge in [0.25, 0.3) is 5.91 Å². The van der Waals surface area contributed by atoms with E-state index in [9.17, 15) is 9.59 Å². The summed E-state index contributed by atoms with van der Waals surface area (Å²) < 4.78 is 0. The van der Waals surface area contributed by atoms with Gasteiger partial charge in [-0.05, 0) is 31.4 Å². The Labute approximate surface area is 110 Å². The lowest BCUT2D eigenvalue weighted by Crippen LogP contribution is -2.42. The highest BCUT2D eigenvalue weighted by Crippen LogP contribution is 2.23. The molecule has 1 aromatic rings. The molecule has 5 heteroatoms. The van der Waals surface area contributed by atoms with E-state index in [-0.39, 0.29) is 5.91 Å². The van der Waals surface area contributed by atoms with Crippen LogP contribution in [0.25, 0.3) is 0 Å². The maximum atomic E-state index is 12.2. The van der Waals surface area contributed by atoms with Crippen LogP contribution in [0.1, 0.15) is 34.3 Å². The molecular formula is C13H17NO3S. The quantitative estimate of drug-likeness (QED) is 0.913. The smallest absolute Gasteiger partial charge is 0.308 e. The minimum atomic E-state index is -0.798. The second-order valence-corrected chi connectivity index (χ2v) is 5.72. The number of likely N-dealkylation sites (tertiary alicyclic amines) is 1. The van der Waals surface area contributed by atoms with Gasteiger partial charge in [-0.2, -0.15) is 0 Å². The summed E-state index contributed by atoms with van der Waals surface area (Å²) in [6.07, 6.45) is 2.37. The predicted octanol–water partition coefficient (Wildman–Crippen LogP) is 2.25. The first kappa shape index (κ1) is 13.1. The molecule has 4 nitrogen and oxygen atoms in total. The number of aryl methyl sites for hydroxylation is 1. The molecule has 0 saturated carbocycles. The fraction of sp³-hybridized carbons (Fsp3) is 0.538. The monoisotopic (exact) mass is 267 g/mol. The standard InChI is InChI=1S/C13H17NO3S/c1-2-10-5-6-11(18-10)12(15)14-7-3-4-9(8-14)13(16)17/h5-6,9H,2-4,7-8H2,1H3,(H,16,17). The van der Waals surface area contributed by atoms with Gasteiger partial charge in [0, 0.05) is 18.0 Å². The molecule has 1 aromatic heterocycles. The molecule has 0 aliphatic carbocycles. The molecule has 0 aromatic carbocycles. The van der Waals surface area contributed by atoms with E-state index in [0.717, 1.165) is 17.7 Å². The van der Waals surface area contributed by atoms with E-state index in [1.807, 2.05) is 12.1 Å². The van der Waals surface area contributed by atoms with E-state index >= 15 is 0 Å². The van der Waals surface area contributed by atoms with Crippen molar-refractivity contribution in [2.75, 3.05) is 13.1 Å². The van der Waals surface area contributed by atoms with Crippen molar-refractivity contribution in [1.29, 1.82) is 0 Å². The number of hydrogen-bond acceptors (Lipinski definition) is 3. The van der Waals surface area contributed by atoms with Crippen molar-refractivity contribution in [3.8, 4) is 0 Å². The third-order valence-corrected chi connectivity index (χ3v) is 4.50. The SMILES string of the molecule is CCc1ccc(C(=O)N2CCCC(C(=O)O)C2)s1. The maximum Gasteiger partial charge on any atom is 0.308 e. The molecular weight excluding hydrogens is 250 g/mol. The van der Waals surface area contributed by atoms with Crippen LogP contribution in [-0.4, -0.2) is 35.0 Å². The Morgan fingerprint density at radius 2 is 2.28 bits per heavy atom. The highest BCUT2D eigenvalue weighted by atomic mass is 32.1. The highest BCUT2D eigenvalue weighted by Gasteiger charge is 2.29. The van der Waals surface area contributed by atoms with Gasteiger partial charge in [-0.3, -0.25) is 9.59 Å². The summed E-state index contributed by atoms with van der Waals surface area (Å²) in [5, 5.41) is 9.02. The number of carbonyl (C=O) groups excluding carboxylic acids is 1. The first-order chi connectivity index (χ1) is 8.61. The Balaban J connectivity index is 2.06. The van der Waals surface area contributed by atoms with Crippen LogP contribution in [0.2, 0.25) is 0 Å². The second kappa shape index (κ2) is 5.52. The summed E-state index contributed by atoms with van der Waals surface area (Å²) in [7, 11) is 0. The van der Waals surface area contributed by atoms with Gasteiger partial charge in [0.15, 0.2) is 0 Å². The fourth-order valence-electron chi connectivity index (χ4n) is 2.20. The zero-order valence-electron chi connectivity index (χ0n) is 10.4. The van der Waals surface area contributed by atoms with Crippen LogP contribution in [0.3, 0.4) is 0 Å². The summed E-state index contributed by atoms with van der Waals surface area (Å²) >= 11 is 1.51. The zero-order valence-corrected chi connectivity index (χ0v) is 11.2. The average molecular weight is 267 g/mol. The van der Waals surface area contributed by atoms with E-state index in [0.29, 0.717) is 19.5 Å². The van der Waals surface area contributed by atoms with Crippen LogP contribution >= 0.6 is 11.3 Å². The number of thiophene rings is 1. The van der Waals surface area contributed by atoms with Crippen molar-refractivity contribution in [2.24, 2.45) is 5.92 Å². The third-order valence-electron chi connectivity index (χ3n) is 3.28. The number of carboxylic acid groups (broad SMARTS) is 1. The molecule has 1 aliphatic rings. The second-order valence-electron chi connectivity index (χ2n) is 4.55. The number of rotatable bonds is 3. The average Bonchev–Trinajstić information content (AvgIpc) is 2.86. The normalized spacial score (nSPS) is 19.8. The van der Waals surface area contributed by atoms with Crippen LogP contribution in [0.15, 0.2) is 12.1 Å². The largest absolute Gasteiger partial charge is 0.481 e. The molecule has 98 valence electrons. The van der Waals surface area contributed by atoms with Gasteiger partial charge in [-0.25, -0.2) is 0 Å². The summed E-state index contributed by atoms with van der Waals surface area (Å²) in [6.45, 7) is 3.07. The molecule has 1 atom stereocenters. The maximum absolute atomic E-state index is 12.2. The van der Waals surface area contributed by atoms with Crippen molar-refractivity contribution in [3.05, 3.63) is 21.9 Å². The van der Waals surface area contributed by atoms with Crippen molar-refractivity contribution in [1.82, 2.24) is 4.90 Å². The van der Waals surface area contributed by atoms with E-state index in [1.54, 1.807) is 4.90 Å². The van der Waals surface area contributed by atoms with Crippen LogP contribution in [-0.2, 0) is 11.2 Å². The number of carboxylic acids is 1. The molecule has 1 amide bonds. The molecule has 1 aliphatic heterocycles. The third kappa shape index (κ3) is 2.72. The van der Waals surface area contributed by atoms with Gasteiger partial charge in [0.2, 0.25) is 0 Å². The zero-order chi connectivity index (χ0) is 13.1. The molecule has 0 radical (unpaired) electrons. The molecule has 18 heavy (non-hydrogen) atoms. The lowest BCUT2D eigenvalue weighted by atomic mass is 9.98. The molecule has 0 bridgehead atoms. The van der Waals surface area contributed by atoms with Crippen LogP contribution in [0.4, 0.5) is 0 Å². The first-order valence-corrected chi connectivity index (χ1v) is 7.04. The summed E-state index contributed by atoms with van der Waals surface area (Å²) in [4.78, 5) is 26.8. The highest BCUT2D eigenvalue weighted by molar-refractivity contribution is 7.14. The molecule has 1 unspecified atom stereocenters. The van der Waals surface area contributed by atoms with Crippen molar-refractivity contribution in [2.45, 2.75) is 26.2 Å². The van der Waals surface area contributed by atoms with Crippen molar-refractivity contribution in [3.63, 3.8) is 0 Å². The summed E-state index contributed by atoms with van der Waals surface area (Å²) in [5.41, 5.74) is 0. The molecule has 0 spiro atoms. The number of aliphatic carboxylic acids is 1. The molecule has 2 rings (SSSR count). The van der Waals surface area contributed by atoms with Gasteiger partial charge in [0.1, 0.15) is 0 Å². The summed E-state index contributed by atoms with van der Waals surface area (Å²) in [5.74, 6) is -1.23. The van der Waals surface area contributed by atoms with Gasteiger partial charge in [-0.1, -0.05) is 6.92 Å². The number of carbonyl (C=O) groups is 2. The minimum absolute atomic E-state index is 0.0225. The molecule has 2 heterocycles. The fourth-order valence-corrected chi connectivity index (χ4v) is 3.12. The van der Waals surface area contributed by atoms with Gasteiger partial charge >= 0.3 is 5.97 Å². The van der Waals surface area contributed by atoms with Crippen LogP contribution in [0.5, 0.6) is 0 Å². The lowest BCUT2D eigenvalue weighted by molar-refractivity contribution is -0.143. The lowest BCUT2D eigenvalue weighted by Gasteiger charge is -2.30.